The van der Waals surface area contributed by atoms with E-state index in [0.717, 1.165) is 18.4 Å². The number of hydrogen-bond acceptors (Lipinski definition) is 3. The van der Waals surface area contributed by atoms with Gasteiger partial charge in [-0.2, -0.15) is 0 Å². The Balaban J connectivity index is 1.93. The van der Waals surface area contributed by atoms with Crippen molar-refractivity contribution in [1.82, 2.24) is 4.90 Å². The lowest BCUT2D eigenvalue weighted by Gasteiger charge is -2.37. The van der Waals surface area contributed by atoms with Gasteiger partial charge in [0.2, 0.25) is 0 Å². The number of ether oxygens (including phenoxy) is 2. The molecule has 1 aromatic carbocycles. The van der Waals surface area contributed by atoms with Crippen LogP contribution in [0.2, 0.25) is 0 Å². The van der Waals surface area contributed by atoms with Crippen LogP contribution in [0.5, 0.6) is 0 Å². The molecular formula is C16H20INO3. The Kier molecular flexibility index (Phi) is 6.50. The molecule has 1 amide bonds. The molecule has 0 saturated carbocycles. The summed E-state index contributed by atoms with van der Waals surface area (Å²) in [5.41, 5.74) is 0.984. The maximum atomic E-state index is 12.3. The van der Waals surface area contributed by atoms with Crippen LogP contribution in [0.4, 0.5) is 4.79 Å². The summed E-state index contributed by atoms with van der Waals surface area (Å²) in [7, 11) is 0. The van der Waals surface area contributed by atoms with E-state index in [9.17, 15) is 4.79 Å². The Morgan fingerprint density at radius 1 is 1.43 bits per heavy atom. The highest BCUT2D eigenvalue weighted by molar-refractivity contribution is 14.1. The molecule has 21 heavy (non-hydrogen) atoms. The van der Waals surface area contributed by atoms with Crippen molar-refractivity contribution in [3.63, 3.8) is 0 Å². The second-order valence-corrected chi connectivity index (χ2v) is 6.50. The quantitative estimate of drug-likeness (QED) is 0.429. The van der Waals surface area contributed by atoms with Crippen molar-refractivity contribution in [3.8, 4) is 0 Å². The summed E-state index contributed by atoms with van der Waals surface area (Å²) in [6, 6.07) is 9.68. The van der Waals surface area contributed by atoms with Gasteiger partial charge in [0.05, 0.1) is 10.5 Å². The van der Waals surface area contributed by atoms with Gasteiger partial charge in [-0.15, -0.1) is 6.58 Å². The molecule has 1 aliphatic heterocycles. The van der Waals surface area contributed by atoms with Crippen molar-refractivity contribution < 1.29 is 14.3 Å². The van der Waals surface area contributed by atoms with Crippen LogP contribution in [0, 0.1) is 0 Å². The molecule has 0 radical (unpaired) electrons. The minimum Gasteiger partial charge on any atom is -0.444 e. The number of benzene rings is 1. The van der Waals surface area contributed by atoms with Crippen molar-refractivity contribution in [1.29, 1.82) is 0 Å². The molecule has 1 aromatic rings. The van der Waals surface area contributed by atoms with Crippen LogP contribution in [0.15, 0.2) is 43.0 Å². The maximum Gasteiger partial charge on any atom is 0.412 e. The summed E-state index contributed by atoms with van der Waals surface area (Å²) in [4.78, 5) is 14.0. The van der Waals surface area contributed by atoms with Crippen molar-refractivity contribution in [3.05, 3.63) is 48.6 Å². The largest absolute Gasteiger partial charge is 0.444 e. The van der Waals surface area contributed by atoms with Crippen molar-refractivity contribution in [2.45, 2.75) is 29.6 Å². The van der Waals surface area contributed by atoms with Crippen LogP contribution in [0.1, 0.15) is 18.4 Å². The molecule has 0 aromatic heterocycles. The summed E-state index contributed by atoms with van der Waals surface area (Å²) in [5.74, 6) is 0. The van der Waals surface area contributed by atoms with E-state index < -0.39 is 0 Å². The SMILES string of the molecule is C=CCO[C@H]1[C@H](I)CCCN1C(=O)OCc1ccccc1. The molecule has 2 atom stereocenters. The number of hydrogen-bond donors (Lipinski definition) is 0. The van der Waals surface area contributed by atoms with Crippen molar-refractivity contribution >= 4 is 28.7 Å². The van der Waals surface area contributed by atoms with Crippen molar-refractivity contribution in [2.24, 2.45) is 0 Å². The number of rotatable bonds is 5. The summed E-state index contributed by atoms with van der Waals surface area (Å²) in [5, 5.41) is 0. The van der Waals surface area contributed by atoms with Gasteiger partial charge in [-0.05, 0) is 18.4 Å². The second kappa shape index (κ2) is 8.38. The molecule has 2 rings (SSSR count). The zero-order valence-corrected chi connectivity index (χ0v) is 14.1. The van der Waals surface area contributed by atoms with E-state index in [-0.39, 0.29) is 22.9 Å². The first-order valence-corrected chi connectivity index (χ1v) is 8.31. The van der Waals surface area contributed by atoms with Gasteiger partial charge in [-0.1, -0.05) is 59.0 Å². The number of amides is 1. The minimum atomic E-state index is -0.311. The molecule has 1 saturated heterocycles. The van der Waals surface area contributed by atoms with E-state index in [4.69, 9.17) is 9.47 Å². The fourth-order valence-electron chi connectivity index (χ4n) is 2.28. The molecule has 0 aliphatic carbocycles. The highest BCUT2D eigenvalue weighted by Gasteiger charge is 2.34. The predicted molar refractivity (Wildman–Crippen MR) is 90.3 cm³/mol. The molecule has 4 nitrogen and oxygen atoms in total. The fraction of sp³-hybridized carbons (Fsp3) is 0.438. The van der Waals surface area contributed by atoms with E-state index in [0.29, 0.717) is 13.2 Å². The average molecular weight is 401 g/mol. The van der Waals surface area contributed by atoms with Gasteiger partial charge in [0.1, 0.15) is 12.8 Å². The molecule has 1 aliphatic rings. The third-order valence-corrected chi connectivity index (χ3v) is 4.56. The van der Waals surface area contributed by atoms with Crippen LogP contribution >= 0.6 is 22.6 Å². The van der Waals surface area contributed by atoms with Crippen LogP contribution in [0.25, 0.3) is 0 Å². The van der Waals surface area contributed by atoms with Crippen LogP contribution in [-0.4, -0.2) is 34.3 Å². The monoisotopic (exact) mass is 401 g/mol. The Bertz CT molecular complexity index is 466. The van der Waals surface area contributed by atoms with E-state index in [1.807, 2.05) is 30.3 Å². The first-order chi connectivity index (χ1) is 10.2. The summed E-state index contributed by atoms with van der Waals surface area (Å²) in [6.07, 6.45) is 3.17. The minimum absolute atomic E-state index is 0.236. The van der Waals surface area contributed by atoms with Gasteiger partial charge in [0, 0.05) is 6.54 Å². The third-order valence-electron chi connectivity index (χ3n) is 3.32. The number of piperidine rings is 1. The maximum absolute atomic E-state index is 12.3. The normalized spacial score (nSPS) is 21.9. The van der Waals surface area contributed by atoms with Gasteiger partial charge in [0.25, 0.3) is 0 Å². The van der Waals surface area contributed by atoms with Crippen LogP contribution in [-0.2, 0) is 16.1 Å². The second-order valence-electron chi connectivity index (χ2n) is 4.90. The molecule has 0 bridgehead atoms. The number of nitrogens with zero attached hydrogens (tertiary/aromatic N) is 1. The third kappa shape index (κ3) is 4.71. The van der Waals surface area contributed by atoms with E-state index in [1.165, 1.54) is 0 Å². The highest BCUT2D eigenvalue weighted by atomic mass is 127. The fourth-order valence-corrected chi connectivity index (χ4v) is 3.32. The van der Waals surface area contributed by atoms with Crippen LogP contribution in [0.3, 0.4) is 0 Å². The highest BCUT2D eigenvalue weighted by Crippen LogP contribution is 2.26. The first-order valence-electron chi connectivity index (χ1n) is 7.06. The van der Waals surface area contributed by atoms with Gasteiger partial charge in [0.15, 0.2) is 0 Å². The molecule has 114 valence electrons. The number of carbonyl (C=O) groups excluding carboxylic acids is 1. The predicted octanol–water partition coefficient (Wildman–Crippen LogP) is 3.75. The topological polar surface area (TPSA) is 38.8 Å². The number of carbonyl (C=O) groups is 1. The van der Waals surface area contributed by atoms with Gasteiger partial charge < -0.3 is 9.47 Å². The Morgan fingerprint density at radius 3 is 2.90 bits per heavy atom. The molecular weight excluding hydrogens is 381 g/mol. The van der Waals surface area contributed by atoms with Gasteiger partial charge >= 0.3 is 6.09 Å². The summed E-state index contributed by atoms with van der Waals surface area (Å²) in [6.45, 7) is 5.05. The van der Waals surface area contributed by atoms with Gasteiger partial charge in [-0.25, -0.2) is 4.79 Å². The first kappa shape index (κ1) is 16.3. The molecule has 5 heteroatoms. The average Bonchev–Trinajstić information content (AvgIpc) is 2.52. The number of halogens is 1. The van der Waals surface area contributed by atoms with E-state index >= 15 is 0 Å². The standard InChI is InChI=1S/C16H20INO3/c1-2-11-20-15-14(17)9-6-10-18(15)16(19)21-12-13-7-4-3-5-8-13/h2-5,7-8,14-15H,1,6,9-12H2/t14-,15+/m1/s1. The van der Waals surface area contributed by atoms with Crippen LogP contribution < -0.4 is 0 Å². The Labute approximate surface area is 139 Å². The Hall–Kier alpha value is -1.08. The zero-order chi connectivity index (χ0) is 15.1. The number of alkyl halides is 1. The lowest BCUT2D eigenvalue weighted by Crippen LogP contribution is -2.50. The van der Waals surface area contributed by atoms with E-state index in [2.05, 4.69) is 29.2 Å². The van der Waals surface area contributed by atoms with Gasteiger partial charge in [-0.3, -0.25) is 4.90 Å². The molecule has 0 unspecified atom stereocenters. The Morgan fingerprint density at radius 2 is 2.19 bits per heavy atom. The lowest BCUT2D eigenvalue weighted by atomic mass is 10.1. The van der Waals surface area contributed by atoms with E-state index in [1.54, 1.807) is 11.0 Å². The summed E-state index contributed by atoms with van der Waals surface area (Å²) < 4.78 is 11.4. The molecule has 0 N–H and O–H groups in total. The zero-order valence-electron chi connectivity index (χ0n) is 11.9. The number of likely N-dealkylation sites (tertiary alicyclic amines) is 1. The lowest BCUT2D eigenvalue weighted by molar-refractivity contribution is -0.0561. The summed E-state index contributed by atoms with van der Waals surface area (Å²) >= 11 is 2.34. The molecule has 0 spiro atoms. The molecule has 1 heterocycles. The molecule has 1 fully saturated rings. The smallest absolute Gasteiger partial charge is 0.412 e. The van der Waals surface area contributed by atoms with Crippen molar-refractivity contribution in [2.75, 3.05) is 13.2 Å².